The van der Waals surface area contributed by atoms with Gasteiger partial charge in [-0.25, -0.2) is 4.39 Å². The lowest BCUT2D eigenvalue weighted by molar-refractivity contribution is -0.275. The molecule has 0 saturated carbocycles. The van der Waals surface area contributed by atoms with Gasteiger partial charge < -0.3 is 19.9 Å². The molecule has 0 atom stereocenters. The van der Waals surface area contributed by atoms with Crippen molar-refractivity contribution in [1.82, 2.24) is 10.1 Å². The first-order valence-corrected chi connectivity index (χ1v) is 7.27. The average Bonchev–Trinajstić information content (AvgIpc) is 2.88. The number of nitrogens with zero attached hydrogens (tertiary/aromatic N) is 2. The monoisotopic (exact) mass is 359 g/mol. The first-order chi connectivity index (χ1) is 11.7. The summed E-state index contributed by atoms with van der Waals surface area (Å²) in [5, 5.41) is 3.76. The third-order valence-corrected chi connectivity index (χ3v) is 3.72. The molecule has 1 aromatic heterocycles. The molecule has 0 spiro atoms. The predicted octanol–water partition coefficient (Wildman–Crippen LogP) is 2.61. The van der Waals surface area contributed by atoms with Gasteiger partial charge in [0.25, 0.3) is 5.91 Å². The minimum absolute atomic E-state index is 0.0452. The lowest BCUT2D eigenvalue weighted by Crippen LogP contribution is -2.50. The highest BCUT2D eigenvalue weighted by atomic mass is 19.4. The van der Waals surface area contributed by atoms with Gasteiger partial charge in [0, 0.05) is 24.7 Å². The number of ether oxygens (including phenoxy) is 1. The first-order valence-electron chi connectivity index (χ1n) is 7.27. The van der Waals surface area contributed by atoms with Gasteiger partial charge >= 0.3 is 6.36 Å². The molecule has 134 valence electrons. The number of rotatable bonds is 4. The smallest absolute Gasteiger partial charge is 0.403 e. The lowest BCUT2D eigenvalue weighted by Gasteiger charge is -2.39. The highest BCUT2D eigenvalue weighted by Crippen LogP contribution is 2.28. The van der Waals surface area contributed by atoms with Gasteiger partial charge in [-0.2, -0.15) is 0 Å². The Balaban J connectivity index is 1.58. The molecule has 2 N–H and O–H groups in total. The molecule has 1 fully saturated rings. The van der Waals surface area contributed by atoms with Crippen molar-refractivity contribution in [3.63, 3.8) is 0 Å². The summed E-state index contributed by atoms with van der Waals surface area (Å²) in [5.74, 6) is -2.33. The Morgan fingerprint density at radius 1 is 1.36 bits per heavy atom. The number of likely N-dealkylation sites (tertiary alicyclic amines) is 1. The van der Waals surface area contributed by atoms with Crippen LogP contribution in [0.2, 0.25) is 0 Å². The van der Waals surface area contributed by atoms with Crippen molar-refractivity contribution in [2.45, 2.75) is 12.8 Å². The van der Waals surface area contributed by atoms with Crippen molar-refractivity contribution in [1.29, 1.82) is 0 Å². The van der Waals surface area contributed by atoms with Gasteiger partial charge in [0.2, 0.25) is 5.88 Å². The van der Waals surface area contributed by atoms with E-state index in [9.17, 15) is 22.4 Å². The summed E-state index contributed by atoms with van der Waals surface area (Å²) in [4.78, 5) is 13.7. The van der Waals surface area contributed by atoms with Gasteiger partial charge in [0.15, 0.2) is 11.6 Å². The molecule has 2 heterocycles. The number of hydrogen-bond acceptors (Lipinski definition) is 5. The van der Waals surface area contributed by atoms with Crippen LogP contribution in [0.3, 0.4) is 0 Å². The number of carbonyl (C=O) groups is 1. The Hall–Kier alpha value is -2.78. The van der Waals surface area contributed by atoms with Crippen LogP contribution in [0.5, 0.6) is 5.75 Å². The Bertz CT molecular complexity index is 785. The second kappa shape index (κ2) is 6.26. The van der Waals surface area contributed by atoms with Crippen LogP contribution in [0.15, 0.2) is 28.8 Å². The van der Waals surface area contributed by atoms with Crippen LogP contribution in [0.25, 0.3) is 0 Å². The molecule has 0 radical (unpaired) electrons. The molecule has 0 unspecified atom stereocenters. The van der Waals surface area contributed by atoms with E-state index in [2.05, 4.69) is 9.89 Å². The normalized spacial score (nSPS) is 15.1. The summed E-state index contributed by atoms with van der Waals surface area (Å²) in [6.07, 6.45) is -4.42. The van der Waals surface area contributed by atoms with Crippen molar-refractivity contribution in [3.05, 3.63) is 41.3 Å². The molecular formula is C15H13F4N3O3. The van der Waals surface area contributed by atoms with E-state index in [-0.39, 0.29) is 17.4 Å². The molecule has 1 aliphatic rings. The Morgan fingerprint density at radius 2 is 2.08 bits per heavy atom. The number of benzene rings is 1. The maximum atomic E-state index is 13.7. The molecule has 3 rings (SSSR count). The molecule has 25 heavy (non-hydrogen) atoms. The van der Waals surface area contributed by atoms with E-state index in [0.717, 1.165) is 18.2 Å². The number of aromatic nitrogens is 1. The number of halogens is 4. The second-order valence-corrected chi connectivity index (χ2v) is 5.69. The molecule has 1 amide bonds. The molecule has 2 aromatic rings. The van der Waals surface area contributed by atoms with Crippen LogP contribution in [-0.2, 0) is 6.42 Å². The minimum atomic E-state index is -5.00. The lowest BCUT2D eigenvalue weighted by atomic mass is 9.94. The van der Waals surface area contributed by atoms with Gasteiger partial charge in [0.1, 0.15) is 0 Å². The number of nitrogen functional groups attached to an aromatic ring is 1. The van der Waals surface area contributed by atoms with E-state index < -0.39 is 23.8 Å². The molecule has 1 saturated heterocycles. The van der Waals surface area contributed by atoms with Crippen LogP contribution >= 0.6 is 0 Å². The van der Waals surface area contributed by atoms with Crippen molar-refractivity contribution in [2.24, 2.45) is 5.92 Å². The van der Waals surface area contributed by atoms with E-state index in [0.29, 0.717) is 25.2 Å². The SMILES string of the molecule is Nc1cc(CC2CN(C(=O)c3ccc(OC(F)(F)F)c(F)c3)C2)no1. The quantitative estimate of drug-likeness (QED) is 0.849. The van der Waals surface area contributed by atoms with Crippen LogP contribution in [0.1, 0.15) is 16.1 Å². The molecule has 1 aromatic carbocycles. The van der Waals surface area contributed by atoms with E-state index in [1.165, 1.54) is 4.90 Å². The number of carbonyl (C=O) groups excluding carboxylic acids is 1. The zero-order valence-electron chi connectivity index (χ0n) is 12.7. The van der Waals surface area contributed by atoms with Gasteiger partial charge in [-0.3, -0.25) is 4.79 Å². The zero-order valence-corrected chi connectivity index (χ0v) is 12.7. The van der Waals surface area contributed by atoms with Crippen LogP contribution < -0.4 is 10.5 Å². The van der Waals surface area contributed by atoms with E-state index >= 15 is 0 Å². The van der Waals surface area contributed by atoms with Crippen LogP contribution in [0, 0.1) is 11.7 Å². The van der Waals surface area contributed by atoms with Crippen molar-refractivity contribution in [2.75, 3.05) is 18.8 Å². The molecule has 0 bridgehead atoms. The summed E-state index contributed by atoms with van der Waals surface area (Å²) in [7, 11) is 0. The van der Waals surface area contributed by atoms with Crippen LogP contribution in [-0.4, -0.2) is 35.4 Å². The average molecular weight is 359 g/mol. The van der Waals surface area contributed by atoms with Crippen molar-refractivity contribution in [3.8, 4) is 5.75 Å². The fourth-order valence-electron chi connectivity index (χ4n) is 2.61. The Kier molecular flexibility index (Phi) is 4.27. The summed E-state index contributed by atoms with van der Waals surface area (Å²) >= 11 is 0. The fourth-order valence-corrected chi connectivity index (χ4v) is 2.61. The van der Waals surface area contributed by atoms with Gasteiger partial charge in [-0.05, 0) is 30.5 Å². The number of anilines is 1. The summed E-state index contributed by atoms with van der Waals surface area (Å²) in [5.41, 5.74) is 6.05. The van der Waals surface area contributed by atoms with Crippen molar-refractivity contribution < 1.29 is 31.6 Å². The van der Waals surface area contributed by atoms with Crippen LogP contribution in [0.4, 0.5) is 23.4 Å². The number of amides is 1. The Labute approximate surface area is 139 Å². The largest absolute Gasteiger partial charge is 0.573 e. The zero-order chi connectivity index (χ0) is 18.2. The van der Waals surface area contributed by atoms with E-state index in [4.69, 9.17) is 10.3 Å². The maximum absolute atomic E-state index is 13.7. The predicted molar refractivity (Wildman–Crippen MR) is 77.1 cm³/mol. The molecular weight excluding hydrogens is 346 g/mol. The topological polar surface area (TPSA) is 81.6 Å². The van der Waals surface area contributed by atoms with Gasteiger partial charge in [-0.1, -0.05) is 5.16 Å². The van der Waals surface area contributed by atoms with Crippen molar-refractivity contribution >= 4 is 11.8 Å². The van der Waals surface area contributed by atoms with E-state index in [1.54, 1.807) is 6.07 Å². The van der Waals surface area contributed by atoms with E-state index in [1.807, 2.05) is 0 Å². The highest BCUT2D eigenvalue weighted by Gasteiger charge is 2.34. The molecule has 0 aliphatic carbocycles. The van der Waals surface area contributed by atoms with Gasteiger partial charge in [-0.15, -0.1) is 13.2 Å². The highest BCUT2D eigenvalue weighted by molar-refractivity contribution is 5.94. The fraction of sp³-hybridized carbons (Fsp3) is 0.333. The Morgan fingerprint density at radius 3 is 2.64 bits per heavy atom. The summed E-state index contributed by atoms with van der Waals surface area (Å²) in [6.45, 7) is 0.849. The molecule has 6 nitrogen and oxygen atoms in total. The minimum Gasteiger partial charge on any atom is -0.403 e. The first kappa shape index (κ1) is 17.1. The molecule has 1 aliphatic heterocycles. The molecule has 10 heteroatoms. The summed E-state index contributed by atoms with van der Waals surface area (Å²) in [6, 6.07) is 4.21. The number of hydrogen-bond donors (Lipinski definition) is 1. The second-order valence-electron chi connectivity index (χ2n) is 5.69. The van der Waals surface area contributed by atoms with Gasteiger partial charge in [0.05, 0.1) is 5.69 Å². The summed E-state index contributed by atoms with van der Waals surface area (Å²) < 4.78 is 58.3. The maximum Gasteiger partial charge on any atom is 0.573 e. The number of alkyl halides is 3. The third-order valence-electron chi connectivity index (χ3n) is 3.72. The third kappa shape index (κ3) is 4.01. The number of nitrogens with two attached hydrogens (primary N) is 1. The standard InChI is InChI=1S/C15H13F4N3O3/c16-11-4-9(1-2-12(11)24-15(17,18)19)14(23)22-6-8(7-22)3-10-5-13(20)25-21-10/h1-2,4-5,8H,3,6-7,20H2.